The van der Waals surface area contributed by atoms with Crippen LogP contribution in [0.15, 0.2) is 35.2 Å². The van der Waals surface area contributed by atoms with Gasteiger partial charge in [-0.15, -0.1) is 11.3 Å². The van der Waals surface area contributed by atoms with E-state index in [1.807, 2.05) is 31.1 Å². The van der Waals surface area contributed by atoms with Gasteiger partial charge in [0.15, 0.2) is 5.78 Å². The van der Waals surface area contributed by atoms with Crippen LogP contribution in [0, 0.1) is 5.92 Å². The first-order valence-electron chi connectivity index (χ1n) is 9.43. The van der Waals surface area contributed by atoms with E-state index in [4.69, 9.17) is 0 Å². The third-order valence-corrected chi connectivity index (χ3v) is 8.02. The molecule has 30 heavy (non-hydrogen) atoms. The van der Waals surface area contributed by atoms with Gasteiger partial charge in [0, 0.05) is 30.2 Å². The molecular weight excluding hydrogens is 426 g/mol. The normalized spacial score (nSPS) is 16.3. The molecule has 0 aliphatic carbocycles. The lowest BCUT2D eigenvalue weighted by molar-refractivity contribution is -0.126. The molecule has 1 aromatic heterocycles. The quantitative estimate of drug-likeness (QED) is 0.668. The summed E-state index contributed by atoms with van der Waals surface area (Å²) in [5.74, 6) is -1.14. The zero-order valence-electron chi connectivity index (χ0n) is 17.2. The van der Waals surface area contributed by atoms with Crippen molar-refractivity contribution in [2.24, 2.45) is 5.92 Å². The van der Waals surface area contributed by atoms with Crippen molar-refractivity contribution in [3.05, 3.63) is 40.8 Å². The van der Waals surface area contributed by atoms with Crippen molar-refractivity contribution in [1.29, 1.82) is 0 Å². The van der Waals surface area contributed by atoms with Gasteiger partial charge in [-0.1, -0.05) is 13.8 Å². The number of nitrogens with one attached hydrogen (secondary N) is 1. The van der Waals surface area contributed by atoms with Crippen LogP contribution < -0.4 is 10.2 Å². The Kier molecular flexibility index (Phi) is 6.32. The molecule has 1 aliphatic heterocycles. The molecule has 3 rings (SSSR count). The summed E-state index contributed by atoms with van der Waals surface area (Å²) >= 11 is 1.17. The number of aliphatic hydroxyl groups excluding tert-OH is 1. The second-order valence-electron chi connectivity index (χ2n) is 7.66. The molecule has 2 heterocycles. The van der Waals surface area contributed by atoms with Crippen LogP contribution in [0.5, 0.6) is 0 Å². The average Bonchev–Trinajstić information content (AvgIpc) is 3.19. The fourth-order valence-electron chi connectivity index (χ4n) is 3.46. The second-order valence-corrected chi connectivity index (χ2v) is 10.7. The zero-order valence-corrected chi connectivity index (χ0v) is 18.9. The Morgan fingerprint density at radius 2 is 1.87 bits per heavy atom. The number of hydrogen-bond acceptors (Lipinski definition) is 7. The summed E-state index contributed by atoms with van der Waals surface area (Å²) in [5, 5.41) is 12.4. The van der Waals surface area contributed by atoms with Gasteiger partial charge in [0.1, 0.15) is 6.61 Å². The van der Waals surface area contributed by atoms with Crippen LogP contribution in [-0.4, -0.2) is 56.3 Å². The average molecular weight is 452 g/mol. The zero-order chi connectivity index (χ0) is 22.2. The number of benzene rings is 1. The number of amides is 1. The van der Waals surface area contributed by atoms with Crippen LogP contribution in [0.1, 0.15) is 29.1 Å². The van der Waals surface area contributed by atoms with Crippen LogP contribution in [0.3, 0.4) is 0 Å². The molecule has 2 N–H and O–H groups in total. The van der Waals surface area contributed by atoms with Crippen LogP contribution in [0.2, 0.25) is 0 Å². The first kappa shape index (κ1) is 22.4. The van der Waals surface area contributed by atoms with E-state index in [0.29, 0.717) is 15.4 Å². The molecule has 0 saturated heterocycles. The summed E-state index contributed by atoms with van der Waals surface area (Å²) in [6.07, 6.45) is 0. The van der Waals surface area contributed by atoms with Crippen molar-refractivity contribution < 1.29 is 23.1 Å². The molecule has 2 aromatic rings. The largest absolute Gasteiger partial charge is 0.389 e. The van der Waals surface area contributed by atoms with Crippen molar-refractivity contribution in [3.8, 4) is 0 Å². The smallest absolute Gasteiger partial charge is 0.256 e. The SMILES string of the molecule is CC(C)C(C(=O)CO)N1Cc2sc(NC(=O)c3ccc(N(C)C)cc3)cc2S1(=O)=O. The molecule has 1 unspecified atom stereocenters. The topological polar surface area (TPSA) is 107 Å². The molecule has 162 valence electrons. The summed E-state index contributed by atoms with van der Waals surface area (Å²) < 4.78 is 27.1. The lowest BCUT2D eigenvalue weighted by atomic mass is 10.0. The van der Waals surface area contributed by atoms with Gasteiger partial charge in [-0.05, 0) is 36.2 Å². The Balaban J connectivity index is 1.80. The Morgan fingerprint density at radius 3 is 2.37 bits per heavy atom. The fourth-order valence-corrected chi connectivity index (χ4v) is 6.83. The third kappa shape index (κ3) is 4.13. The van der Waals surface area contributed by atoms with E-state index >= 15 is 0 Å². The number of rotatable bonds is 7. The number of carbonyl (C=O) groups excluding carboxylic acids is 2. The molecule has 0 radical (unpaired) electrons. The number of Topliss-reactive ketones (excluding diaryl/α,β-unsaturated/α-hetero) is 1. The number of nitrogens with zero attached hydrogens (tertiary/aromatic N) is 2. The maximum Gasteiger partial charge on any atom is 0.256 e. The Bertz CT molecular complexity index is 1060. The van der Waals surface area contributed by atoms with E-state index in [1.54, 1.807) is 26.0 Å². The molecule has 10 heteroatoms. The van der Waals surface area contributed by atoms with Crippen LogP contribution >= 0.6 is 11.3 Å². The number of thiophene rings is 1. The Labute approximate surface area is 180 Å². The van der Waals surface area contributed by atoms with Gasteiger partial charge < -0.3 is 15.3 Å². The standard InChI is InChI=1S/C20H25N3O5S2/c1-12(2)19(15(25)11-24)23-10-16-17(30(23,27)28)9-18(29-16)21-20(26)13-5-7-14(8-6-13)22(3)4/h5-9,12,19,24H,10-11H2,1-4H3,(H,21,26). The molecule has 0 bridgehead atoms. The monoisotopic (exact) mass is 451 g/mol. The number of anilines is 2. The number of aliphatic hydroxyl groups is 1. The van der Waals surface area contributed by atoms with Gasteiger partial charge in [-0.2, -0.15) is 4.31 Å². The first-order valence-corrected chi connectivity index (χ1v) is 11.7. The van der Waals surface area contributed by atoms with Crippen molar-refractivity contribution in [2.75, 3.05) is 30.9 Å². The summed E-state index contributed by atoms with van der Waals surface area (Å²) in [5.41, 5.74) is 1.43. The molecule has 1 aromatic carbocycles. The van der Waals surface area contributed by atoms with E-state index < -0.39 is 28.5 Å². The van der Waals surface area contributed by atoms with Crippen LogP contribution in [0.25, 0.3) is 0 Å². The highest BCUT2D eigenvalue weighted by Gasteiger charge is 2.44. The van der Waals surface area contributed by atoms with E-state index in [2.05, 4.69) is 5.32 Å². The molecular formula is C20H25N3O5S2. The molecule has 1 atom stereocenters. The lowest BCUT2D eigenvalue weighted by Crippen LogP contribution is -2.46. The third-order valence-electron chi connectivity index (χ3n) is 4.97. The van der Waals surface area contributed by atoms with Crippen molar-refractivity contribution in [2.45, 2.75) is 31.3 Å². The van der Waals surface area contributed by atoms with Gasteiger partial charge >= 0.3 is 0 Å². The van der Waals surface area contributed by atoms with Gasteiger partial charge in [0.2, 0.25) is 10.0 Å². The number of fused-ring (bicyclic) bond motifs is 1. The molecule has 0 spiro atoms. The maximum atomic E-state index is 13.0. The van der Waals surface area contributed by atoms with Crippen LogP contribution in [0.4, 0.5) is 10.7 Å². The van der Waals surface area contributed by atoms with E-state index in [9.17, 15) is 23.1 Å². The number of ketones is 1. The number of sulfonamides is 1. The second kappa shape index (κ2) is 8.46. The predicted molar refractivity (Wildman–Crippen MR) is 116 cm³/mol. The highest BCUT2D eigenvalue weighted by Crippen LogP contribution is 2.41. The van der Waals surface area contributed by atoms with E-state index in [0.717, 1.165) is 9.99 Å². The highest BCUT2D eigenvalue weighted by molar-refractivity contribution is 7.89. The number of carbonyl (C=O) groups is 2. The highest BCUT2D eigenvalue weighted by atomic mass is 32.2. The fraction of sp³-hybridized carbons (Fsp3) is 0.400. The minimum absolute atomic E-state index is 0.0460. The predicted octanol–water partition coefficient (Wildman–Crippen LogP) is 2.16. The Hall–Kier alpha value is -2.27. The van der Waals surface area contributed by atoms with Gasteiger partial charge in [-0.3, -0.25) is 9.59 Å². The Morgan fingerprint density at radius 1 is 1.23 bits per heavy atom. The summed E-state index contributed by atoms with van der Waals surface area (Å²) in [6, 6.07) is 7.58. The maximum absolute atomic E-state index is 13.0. The summed E-state index contributed by atoms with van der Waals surface area (Å²) in [7, 11) is -0.0721. The summed E-state index contributed by atoms with van der Waals surface area (Å²) in [4.78, 5) is 27.2. The van der Waals surface area contributed by atoms with Crippen LogP contribution in [-0.2, 0) is 21.4 Å². The minimum Gasteiger partial charge on any atom is -0.389 e. The lowest BCUT2D eigenvalue weighted by Gasteiger charge is -2.27. The van der Waals surface area contributed by atoms with Gasteiger partial charge in [0.05, 0.1) is 22.5 Å². The van der Waals surface area contributed by atoms with Crippen molar-refractivity contribution in [1.82, 2.24) is 4.31 Å². The van der Waals surface area contributed by atoms with E-state index in [-0.39, 0.29) is 23.3 Å². The molecule has 1 amide bonds. The number of hydrogen-bond donors (Lipinski definition) is 2. The van der Waals surface area contributed by atoms with Gasteiger partial charge in [-0.25, -0.2) is 8.42 Å². The first-order chi connectivity index (χ1) is 14.1. The molecule has 0 fully saturated rings. The van der Waals surface area contributed by atoms with Crippen molar-refractivity contribution >= 4 is 43.7 Å². The molecule has 0 saturated carbocycles. The minimum atomic E-state index is -3.89. The molecule has 1 aliphatic rings. The van der Waals surface area contributed by atoms with Crippen molar-refractivity contribution in [3.63, 3.8) is 0 Å². The molecule has 8 nitrogen and oxygen atoms in total. The summed E-state index contributed by atoms with van der Waals surface area (Å²) in [6.45, 7) is 2.82. The van der Waals surface area contributed by atoms with E-state index in [1.165, 1.54) is 17.4 Å². The van der Waals surface area contributed by atoms with Gasteiger partial charge in [0.25, 0.3) is 5.91 Å².